The molecule has 0 aromatic carbocycles. The average molecular weight is 292 g/mol. The quantitative estimate of drug-likeness (QED) is 0.326. The van der Waals surface area contributed by atoms with Gasteiger partial charge in [-0.05, 0) is 29.8 Å². The molecule has 76 valence electrons. The van der Waals surface area contributed by atoms with Crippen molar-refractivity contribution in [3.8, 4) is 0 Å². The third-order valence-electron chi connectivity index (χ3n) is 2.18. The van der Waals surface area contributed by atoms with Gasteiger partial charge in [0.15, 0.2) is 0 Å². The molecule has 0 amide bonds. The molecule has 0 radical (unpaired) electrons. The number of hydrogen-bond donors (Lipinski definition) is 0. The lowest BCUT2D eigenvalue weighted by atomic mass is 10.0. The van der Waals surface area contributed by atoms with E-state index in [1.54, 1.807) is 5.57 Å². The molecule has 0 fully saturated rings. The molecule has 0 heterocycles. The smallest absolute Gasteiger partial charge is 0.0242 e. The molecular formula is C12H21I. The summed E-state index contributed by atoms with van der Waals surface area (Å²) in [6, 6.07) is 0. The summed E-state index contributed by atoms with van der Waals surface area (Å²) >= 11 is 2.35. The van der Waals surface area contributed by atoms with Gasteiger partial charge >= 0.3 is 0 Å². The number of halogens is 1. The zero-order chi connectivity index (χ0) is 9.94. The van der Waals surface area contributed by atoms with Gasteiger partial charge in [0.25, 0.3) is 0 Å². The third-order valence-corrected chi connectivity index (χ3v) is 3.06. The van der Waals surface area contributed by atoms with Crippen LogP contribution in [0.3, 0.4) is 0 Å². The van der Waals surface area contributed by atoms with E-state index in [1.807, 2.05) is 6.08 Å². The van der Waals surface area contributed by atoms with Gasteiger partial charge in [0, 0.05) is 0 Å². The highest BCUT2D eigenvalue weighted by atomic mass is 127. The van der Waals surface area contributed by atoms with Crippen LogP contribution in [0.15, 0.2) is 22.3 Å². The minimum atomic E-state index is 1.13. The second-order valence-corrected chi connectivity index (χ2v) is 4.03. The molecule has 0 saturated carbocycles. The van der Waals surface area contributed by atoms with Crippen molar-refractivity contribution in [3.05, 3.63) is 22.3 Å². The molecule has 1 heteroatoms. The van der Waals surface area contributed by atoms with E-state index in [2.05, 4.69) is 40.2 Å². The zero-order valence-electron chi connectivity index (χ0n) is 8.69. The first-order valence-corrected chi connectivity index (χ1v) is 6.48. The minimum Gasteiger partial charge on any atom is -0.103 e. The van der Waals surface area contributed by atoms with Gasteiger partial charge in [-0.2, -0.15) is 0 Å². The zero-order valence-corrected chi connectivity index (χ0v) is 10.8. The van der Waals surface area contributed by atoms with Crippen LogP contribution >= 0.6 is 22.6 Å². The summed E-state index contributed by atoms with van der Waals surface area (Å²) in [5.41, 5.74) is 1.59. The van der Waals surface area contributed by atoms with Crippen molar-refractivity contribution in [2.24, 2.45) is 0 Å². The standard InChI is InChI=1S/C12H21I/c1-3-5-7-8-10-12(11-13)9-6-4-2/h4,11H,2-3,5-10H2,1H3/b12-11+. The van der Waals surface area contributed by atoms with Crippen LogP contribution in [0, 0.1) is 0 Å². The van der Waals surface area contributed by atoms with Crippen molar-refractivity contribution in [1.82, 2.24) is 0 Å². The van der Waals surface area contributed by atoms with Crippen LogP contribution in [0.2, 0.25) is 0 Å². The number of rotatable bonds is 8. The van der Waals surface area contributed by atoms with Crippen molar-refractivity contribution in [2.45, 2.75) is 51.9 Å². The molecule has 0 atom stereocenters. The first-order chi connectivity index (χ1) is 6.35. The summed E-state index contributed by atoms with van der Waals surface area (Å²) in [5.74, 6) is 0. The van der Waals surface area contributed by atoms with Crippen LogP contribution in [0.1, 0.15) is 51.9 Å². The molecule has 0 aromatic heterocycles. The maximum absolute atomic E-state index is 3.75. The first kappa shape index (κ1) is 13.2. The summed E-state index contributed by atoms with van der Waals surface area (Å²) in [4.78, 5) is 0. The average Bonchev–Trinajstić information content (AvgIpc) is 2.17. The van der Waals surface area contributed by atoms with Gasteiger partial charge in [-0.25, -0.2) is 0 Å². The Kier molecular flexibility index (Phi) is 10.5. The van der Waals surface area contributed by atoms with E-state index in [9.17, 15) is 0 Å². The van der Waals surface area contributed by atoms with E-state index < -0.39 is 0 Å². The third kappa shape index (κ3) is 8.54. The van der Waals surface area contributed by atoms with E-state index in [1.165, 1.54) is 38.5 Å². The van der Waals surface area contributed by atoms with Crippen LogP contribution in [0.5, 0.6) is 0 Å². The van der Waals surface area contributed by atoms with E-state index >= 15 is 0 Å². The van der Waals surface area contributed by atoms with Crippen LogP contribution < -0.4 is 0 Å². The molecule has 0 saturated heterocycles. The fraction of sp³-hybridized carbons (Fsp3) is 0.667. The second kappa shape index (κ2) is 10.3. The van der Waals surface area contributed by atoms with Crippen molar-refractivity contribution >= 4 is 22.6 Å². The number of hydrogen-bond acceptors (Lipinski definition) is 0. The van der Waals surface area contributed by atoms with Gasteiger partial charge in [-0.15, -0.1) is 6.58 Å². The normalized spacial score (nSPS) is 11.7. The Labute approximate surface area is 96.6 Å². The van der Waals surface area contributed by atoms with Crippen LogP contribution in [0.25, 0.3) is 0 Å². The molecule has 0 aliphatic carbocycles. The molecule has 0 N–H and O–H groups in total. The van der Waals surface area contributed by atoms with Crippen LogP contribution in [-0.4, -0.2) is 0 Å². The molecule has 0 aliphatic heterocycles. The summed E-state index contributed by atoms with van der Waals surface area (Å²) in [6.07, 6.45) is 11.1. The molecule has 0 unspecified atom stereocenters. The maximum atomic E-state index is 3.75. The molecule has 0 aliphatic rings. The van der Waals surface area contributed by atoms with Gasteiger partial charge in [0.05, 0.1) is 0 Å². The van der Waals surface area contributed by atoms with Crippen molar-refractivity contribution in [1.29, 1.82) is 0 Å². The van der Waals surface area contributed by atoms with Crippen LogP contribution in [-0.2, 0) is 0 Å². The van der Waals surface area contributed by atoms with Crippen LogP contribution in [0.4, 0.5) is 0 Å². The van der Waals surface area contributed by atoms with Gasteiger partial charge in [0.1, 0.15) is 0 Å². The van der Waals surface area contributed by atoms with Gasteiger partial charge in [0.2, 0.25) is 0 Å². The monoisotopic (exact) mass is 292 g/mol. The summed E-state index contributed by atoms with van der Waals surface area (Å²) in [6.45, 7) is 6.00. The molecule has 0 spiro atoms. The topological polar surface area (TPSA) is 0 Å². The van der Waals surface area contributed by atoms with Crippen molar-refractivity contribution < 1.29 is 0 Å². The van der Waals surface area contributed by atoms with E-state index in [4.69, 9.17) is 0 Å². The lowest BCUT2D eigenvalue weighted by Gasteiger charge is -2.04. The molecular weight excluding hydrogens is 271 g/mol. The Hall–Kier alpha value is 0.210. The summed E-state index contributed by atoms with van der Waals surface area (Å²) in [7, 11) is 0. The highest BCUT2D eigenvalue weighted by molar-refractivity contribution is 14.1. The lowest BCUT2D eigenvalue weighted by molar-refractivity contribution is 0.655. The molecule has 0 nitrogen and oxygen atoms in total. The predicted octanol–water partition coefficient (Wildman–Crippen LogP) is 5.24. The van der Waals surface area contributed by atoms with Gasteiger partial charge in [-0.3, -0.25) is 0 Å². The Morgan fingerprint density at radius 1 is 1.23 bits per heavy atom. The Morgan fingerprint density at radius 3 is 2.54 bits per heavy atom. The summed E-state index contributed by atoms with van der Waals surface area (Å²) in [5, 5.41) is 0. The molecule has 13 heavy (non-hydrogen) atoms. The highest BCUT2D eigenvalue weighted by Crippen LogP contribution is 2.16. The highest BCUT2D eigenvalue weighted by Gasteiger charge is 1.95. The molecule has 0 aromatic rings. The Balaban J connectivity index is 3.43. The van der Waals surface area contributed by atoms with Gasteiger partial charge < -0.3 is 0 Å². The van der Waals surface area contributed by atoms with E-state index in [-0.39, 0.29) is 0 Å². The number of allylic oxidation sites excluding steroid dienone is 2. The minimum absolute atomic E-state index is 1.13. The SMILES string of the molecule is C=CCC/C(=C\I)CCCCCC. The fourth-order valence-electron chi connectivity index (χ4n) is 1.30. The second-order valence-electron chi connectivity index (χ2n) is 3.41. The fourth-order valence-corrected chi connectivity index (χ4v) is 1.92. The Morgan fingerprint density at radius 2 is 2.00 bits per heavy atom. The van der Waals surface area contributed by atoms with Crippen molar-refractivity contribution in [2.75, 3.05) is 0 Å². The Bertz CT molecular complexity index is 147. The summed E-state index contributed by atoms with van der Waals surface area (Å²) < 4.78 is 2.24. The molecule has 0 rings (SSSR count). The van der Waals surface area contributed by atoms with Gasteiger partial charge in [-0.1, -0.05) is 60.4 Å². The first-order valence-electron chi connectivity index (χ1n) is 5.24. The predicted molar refractivity (Wildman–Crippen MR) is 70.3 cm³/mol. The molecule has 0 bridgehead atoms. The van der Waals surface area contributed by atoms with E-state index in [0.717, 1.165) is 6.42 Å². The van der Waals surface area contributed by atoms with Crippen molar-refractivity contribution in [3.63, 3.8) is 0 Å². The maximum Gasteiger partial charge on any atom is -0.0242 e. The number of unbranched alkanes of at least 4 members (excludes halogenated alkanes) is 3. The largest absolute Gasteiger partial charge is 0.103 e. The lowest BCUT2D eigenvalue weighted by Crippen LogP contribution is -1.84. The van der Waals surface area contributed by atoms with E-state index in [0.29, 0.717) is 0 Å².